The maximum absolute atomic E-state index is 13.0. The van der Waals surface area contributed by atoms with Crippen molar-refractivity contribution in [1.29, 1.82) is 0 Å². The van der Waals surface area contributed by atoms with Crippen LogP contribution in [0.25, 0.3) is 10.9 Å². The predicted molar refractivity (Wildman–Crippen MR) is 131 cm³/mol. The van der Waals surface area contributed by atoms with E-state index in [0.29, 0.717) is 24.5 Å². The number of anilines is 1. The average Bonchev–Trinajstić information content (AvgIpc) is 3.41. The molecule has 1 aromatic heterocycles. The van der Waals surface area contributed by atoms with E-state index in [4.69, 9.17) is 9.72 Å². The van der Waals surface area contributed by atoms with Crippen molar-refractivity contribution in [2.45, 2.75) is 55.9 Å². The molecule has 1 aromatic carbocycles. The number of nitrogens with zero attached hydrogens (tertiary/aromatic N) is 3. The van der Waals surface area contributed by atoms with E-state index in [-0.39, 0.29) is 17.9 Å². The van der Waals surface area contributed by atoms with Crippen LogP contribution in [0.3, 0.4) is 0 Å². The molecule has 1 atom stereocenters. The topological polar surface area (TPSA) is 91.8 Å². The number of ether oxygens (including phenoxy) is 1. The van der Waals surface area contributed by atoms with Crippen molar-refractivity contribution in [3.8, 4) is 0 Å². The maximum atomic E-state index is 13.0. The number of sulfonamides is 1. The van der Waals surface area contributed by atoms with Gasteiger partial charge in [0.25, 0.3) is 0 Å². The van der Waals surface area contributed by atoms with Crippen molar-refractivity contribution in [1.82, 2.24) is 14.6 Å². The monoisotopic (exact) mass is 486 g/mol. The fraction of sp³-hybridized carbons (Fsp3) is 0.600. The number of carbonyl (C=O) groups excluding carboxylic acids is 1. The highest BCUT2D eigenvalue weighted by molar-refractivity contribution is 7.89. The van der Waals surface area contributed by atoms with Gasteiger partial charge in [0.2, 0.25) is 15.9 Å². The zero-order valence-corrected chi connectivity index (χ0v) is 20.4. The zero-order chi connectivity index (χ0) is 23.5. The lowest BCUT2D eigenvalue weighted by Crippen LogP contribution is -2.42. The summed E-state index contributed by atoms with van der Waals surface area (Å²) in [5.41, 5.74) is 0.784. The molecule has 1 amide bonds. The third-order valence-corrected chi connectivity index (χ3v) is 9.21. The summed E-state index contributed by atoms with van der Waals surface area (Å²) >= 11 is 0. The largest absolute Gasteiger partial charge is 0.376 e. The van der Waals surface area contributed by atoms with Crippen LogP contribution in [0.5, 0.6) is 0 Å². The Morgan fingerprint density at radius 3 is 2.53 bits per heavy atom. The molecule has 184 valence electrons. The van der Waals surface area contributed by atoms with Crippen molar-refractivity contribution < 1.29 is 17.9 Å². The van der Waals surface area contributed by atoms with Gasteiger partial charge in [-0.3, -0.25) is 4.79 Å². The van der Waals surface area contributed by atoms with E-state index in [1.807, 2.05) is 12.1 Å². The van der Waals surface area contributed by atoms with Crippen LogP contribution >= 0.6 is 0 Å². The number of benzene rings is 1. The third-order valence-electron chi connectivity index (χ3n) is 7.32. The Morgan fingerprint density at radius 2 is 1.79 bits per heavy atom. The SMILES string of the molecule is O=C(NCC1CCCO1)C1CCN(c2ccc3cc(S(=O)(=O)N4CCCCC4)ccc3n2)CC1. The summed E-state index contributed by atoms with van der Waals surface area (Å²) in [6.45, 7) is 4.16. The first kappa shape index (κ1) is 23.5. The van der Waals surface area contributed by atoms with Gasteiger partial charge < -0.3 is 15.0 Å². The number of piperidine rings is 2. The number of fused-ring (bicyclic) bond motifs is 1. The fourth-order valence-electron chi connectivity index (χ4n) is 5.22. The summed E-state index contributed by atoms with van der Waals surface area (Å²) in [6.07, 6.45) is 6.80. The number of nitrogens with one attached hydrogen (secondary N) is 1. The number of rotatable bonds is 6. The lowest BCUT2D eigenvalue weighted by atomic mass is 9.95. The van der Waals surface area contributed by atoms with E-state index in [2.05, 4.69) is 10.2 Å². The molecule has 0 spiro atoms. The Balaban J connectivity index is 1.21. The zero-order valence-electron chi connectivity index (χ0n) is 19.6. The van der Waals surface area contributed by atoms with Crippen LogP contribution in [0, 0.1) is 5.92 Å². The molecule has 3 saturated heterocycles. The molecule has 4 heterocycles. The van der Waals surface area contributed by atoms with Gasteiger partial charge in [-0.1, -0.05) is 6.42 Å². The van der Waals surface area contributed by atoms with Crippen LogP contribution in [0.2, 0.25) is 0 Å². The van der Waals surface area contributed by atoms with Crippen molar-refractivity contribution in [2.75, 3.05) is 44.2 Å². The first-order valence-electron chi connectivity index (χ1n) is 12.6. The molecule has 0 aliphatic carbocycles. The smallest absolute Gasteiger partial charge is 0.243 e. The summed E-state index contributed by atoms with van der Waals surface area (Å²) in [5, 5.41) is 3.89. The Hall–Kier alpha value is -2.23. The molecule has 8 nitrogen and oxygen atoms in total. The number of hydrogen-bond donors (Lipinski definition) is 1. The van der Waals surface area contributed by atoms with Gasteiger partial charge in [0, 0.05) is 50.6 Å². The molecule has 0 saturated carbocycles. The van der Waals surface area contributed by atoms with Crippen LogP contribution in [0.4, 0.5) is 5.82 Å². The summed E-state index contributed by atoms with van der Waals surface area (Å²) in [7, 11) is -3.46. The quantitative estimate of drug-likeness (QED) is 0.675. The summed E-state index contributed by atoms with van der Waals surface area (Å²) < 4.78 is 33.2. The Kier molecular flexibility index (Phi) is 7.04. The van der Waals surface area contributed by atoms with Gasteiger partial charge in [-0.2, -0.15) is 4.31 Å². The third kappa shape index (κ3) is 5.06. The predicted octanol–water partition coefficient (Wildman–Crippen LogP) is 2.92. The molecule has 3 aliphatic heterocycles. The van der Waals surface area contributed by atoms with Crippen LogP contribution in [-0.4, -0.2) is 69.0 Å². The first-order valence-corrected chi connectivity index (χ1v) is 14.0. The van der Waals surface area contributed by atoms with E-state index < -0.39 is 10.0 Å². The Bertz CT molecular complexity index is 1120. The van der Waals surface area contributed by atoms with E-state index >= 15 is 0 Å². The molecule has 1 unspecified atom stereocenters. The maximum Gasteiger partial charge on any atom is 0.243 e. The van der Waals surface area contributed by atoms with Gasteiger partial charge >= 0.3 is 0 Å². The second-order valence-corrected chi connectivity index (χ2v) is 11.6. The molecule has 34 heavy (non-hydrogen) atoms. The van der Waals surface area contributed by atoms with Gasteiger partial charge in [0.1, 0.15) is 5.82 Å². The molecule has 5 rings (SSSR count). The second kappa shape index (κ2) is 10.2. The van der Waals surface area contributed by atoms with Crippen LogP contribution in [0.15, 0.2) is 35.2 Å². The molecule has 3 fully saturated rings. The van der Waals surface area contributed by atoms with Gasteiger partial charge in [-0.15, -0.1) is 0 Å². The number of aromatic nitrogens is 1. The standard InChI is InChI=1S/C25H34N4O4S/c30-25(26-18-21-5-4-16-33-21)19-10-14-28(15-11-19)24-9-6-20-17-22(7-8-23(20)27-24)34(31,32)29-12-2-1-3-13-29/h6-9,17,19,21H,1-5,10-16,18H2,(H,26,30). The van der Waals surface area contributed by atoms with Crippen LogP contribution in [-0.2, 0) is 19.6 Å². The first-order chi connectivity index (χ1) is 16.5. The molecule has 9 heteroatoms. The highest BCUT2D eigenvalue weighted by Crippen LogP contribution is 2.27. The minimum Gasteiger partial charge on any atom is -0.376 e. The lowest BCUT2D eigenvalue weighted by molar-refractivity contribution is -0.126. The van der Waals surface area contributed by atoms with Gasteiger partial charge in [-0.05, 0) is 68.9 Å². The number of amides is 1. The molecular weight excluding hydrogens is 452 g/mol. The highest BCUT2D eigenvalue weighted by atomic mass is 32.2. The van der Waals surface area contributed by atoms with E-state index in [0.717, 1.165) is 81.4 Å². The van der Waals surface area contributed by atoms with Crippen molar-refractivity contribution in [3.05, 3.63) is 30.3 Å². The summed E-state index contributed by atoms with van der Waals surface area (Å²) in [6, 6.07) is 9.13. The summed E-state index contributed by atoms with van der Waals surface area (Å²) in [4.78, 5) is 19.9. The fourth-order valence-corrected chi connectivity index (χ4v) is 6.77. The molecular formula is C25H34N4O4S. The highest BCUT2D eigenvalue weighted by Gasteiger charge is 2.28. The van der Waals surface area contributed by atoms with Gasteiger partial charge in [-0.25, -0.2) is 13.4 Å². The summed E-state index contributed by atoms with van der Waals surface area (Å²) in [5.74, 6) is 1.03. The Labute approximate surface area is 201 Å². The minimum atomic E-state index is -3.46. The minimum absolute atomic E-state index is 0.0284. The lowest BCUT2D eigenvalue weighted by Gasteiger charge is -2.32. The molecule has 0 bridgehead atoms. The molecule has 1 N–H and O–H groups in total. The number of hydrogen-bond acceptors (Lipinski definition) is 6. The Morgan fingerprint density at radius 1 is 1.00 bits per heavy atom. The second-order valence-electron chi connectivity index (χ2n) is 9.63. The number of pyridine rings is 1. The van der Waals surface area contributed by atoms with E-state index in [1.165, 1.54) is 0 Å². The van der Waals surface area contributed by atoms with E-state index in [1.54, 1.807) is 22.5 Å². The van der Waals surface area contributed by atoms with Crippen LogP contribution < -0.4 is 10.2 Å². The van der Waals surface area contributed by atoms with Gasteiger partial charge in [0.05, 0.1) is 16.5 Å². The normalized spacial score (nSPS) is 22.8. The van der Waals surface area contributed by atoms with Crippen molar-refractivity contribution in [2.24, 2.45) is 5.92 Å². The molecule has 0 radical (unpaired) electrons. The van der Waals surface area contributed by atoms with Crippen molar-refractivity contribution >= 4 is 32.7 Å². The molecule has 2 aromatic rings. The van der Waals surface area contributed by atoms with Crippen molar-refractivity contribution in [3.63, 3.8) is 0 Å². The number of carbonyl (C=O) groups is 1. The van der Waals surface area contributed by atoms with E-state index in [9.17, 15) is 13.2 Å². The van der Waals surface area contributed by atoms with Gasteiger partial charge in [0.15, 0.2) is 0 Å². The molecule has 3 aliphatic rings. The van der Waals surface area contributed by atoms with Crippen LogP contribution in [0.1, 0.15) is 44.9 Å². The average molecular weight is 487 g/mol.